The van der Waals surface area contributed by atoms with Gasteiger partial charge in [-0.25, -0.2) is 0 Å². The lowest BCUT2D eigenvalue weighted by Crippen LogP contribution is -2.27. The largest absolute Gasteiger partial charge is 0.358 e. The van der Waals surface area contributed by atoms with Crippen LogP contribution in [0, 0.1) is 10.1 Å². The summed E-state index contributed by atoms with van der Waals surface area (Å²) in [5, 5.41) is 17.3. The van der Waals surface area contributed by atoms with Gasteiger partial charge in [0.1, 0.15) is 0 Å². The van der Waals surface area contributed by atoms with E-state index in [1.165, 1.54) is 17.7 Å². The van der Waals surface area contributed by atoms with Gasteiger partial charge in [0.05, 0.1) is 4.92 Å². The molecule has 2 N–H and O–H groups in total. The van der Waals surface area contributed by atoms with Crippen LogP contribution in [0.15, 0.2) is 48.5 Å². The molecule has 2 aromatic carbocycles. The van der Waals surface area contributed by atoms with Crippen LogP contribution >= 0.6 is 12.2 Å². The molecule has 0 aliphatic heterocycles. The first kappa shape index (κ1) is 19.8. The lowest BCUT2D eigenvalue weighted by atomic mass is 10.1. The van der Waals surface area contributed by atoms with Gasteiger partial charge in [0.2, 0.25) is 0 Å². The Morgan fingerprint density at radius 2 is 1.62 bits per heavy atom. The molecule has 0 saturated carbocycles. The van der Waals surface area contributed by atoms with Crippen molar-refractivity contribution in [3.63, 3.8) is 0 Å². The van der Waals surface area contributed by atoms with Crippen molar-refractivity contribution >= 4 is 28.7 Å². The summed E-state index contributed by atoms with van der Waals surface area (Å²) in [6.45, 7) is 8.00. The van der Waals surface area contributed by atoms with Crippen molar-refractivity contribution < 1.29 is 4.92 Å². The van der Waals surface area contributed by atoms with Crippen LogP contribution in [-0.4, -0.2) is 28.0 Å². The van der Waals surface area contributed by atoms with Gasteiger partial charge in [-0.1, -0.05) is 38.1 Å². The zero-order valence-electron chi connectivity index (χ0n) is 15.1. The van der Waals surface area contributed by atoms with Crippen molar-refractivity contribution in [3.05, 3.63) is 69.8 Å². The third-order valence-electron chi connectivity index (χ3n) is 4.11. The van der Waals surface area contributed by atoms with E-state index in [0.717, 1.165) is 25.2 Å². The van der Waals surface area contributed by atoms with Gasteiger partial charge >= 0.3 is 0 Å². The molecule has 0 aliphatic carbocycles. The molecule has 0 fully saturated rings. The maximum absolute atomic E-state index is 10.7. The smallest absolute Gasteiger partial charge is 0.269 e. The van der Waals surface area contributed by atoms with Gasteiger partial charge in [-0.2, -0.15) is 0 Å². The maximum Gasteiger partial charge on any atom is 0.269 e. The monoisotopic (exact) mass is 372 g/mol. The third-order valence-corrected chi connectivity index (χ3v) is 4.36. The Bertz CT molecular complexity index is 728. The van der Waals surface area contributed by atoms with E-state index in [1.54, 1.807) is 12.1 Å². The van der Waals surface area contributed by atoms with Crippen LogP contribution in [0.5, 0.6) is 0 Å². The number of nitrogens with one attached hydrogen (secondary N) is 2. The fourth-order valence-corrected chi connectivity index (χ4v) is 2.68. The van der Waals surface area contributed by atoms with Crippen molar-refractivity contribution in [2.45, 2.75) is 26.9 Å². The number of hydrogen-bond donors (Lipinski definition) is 2. The minimum atomic E-state index is -0.426. The first-order chi connectivity index (χ1) is 12.5. The second-order valence-electron chi connectivity index (χ2n) is 5.89. The number of anilines is 1. The summed E-state index contributed by atoms with van der Waals surface area (Å²) in [4.78, 5) is 12.6. The quantitative estimate of drug-likeness (QED) is 0.416. The molecule has 0 radical (unpaired) electrons. The number of nitro benzene ring substituents is 1. The Morgan fingerprint density at radius 3 is 2.15 bits per heavy atom. The summed E-state index contributed by atoms with van der Waals surface area (Å²) >= 11 is 5.27. The van der Waals surface area contributed by atoms with Crippen LogP contribution in [0.2, 0.25) is 0 Å². The molecule has 6 nitrogen and oxygen atoms in total. The average Bonchev–Trinajstić information content (AvgIpc) is 2.65. The van der Waals surface area contributed by atoms with Crippen LogP contribution in [0.1, 0.15) is 25.0 Å². The molecule has 0 atom stereocenters. The van der Waals surface area contributed by atoms with Gasteiger partial charge in [-0.05, 0) is 48.6 Å². The lowest BCUT2D eigenvalue weighted by molar-refractivity contribution is -0.384. The number of nitro groups is 1. The van der Waals surface area contributed by atoms with Gasteiger partial charge in [0.25, 0.3) is 5.69 Å². The molecule has 0 bridgehead atoms. The highest BCUT2D eigenvalue weighted by Gasteiger charge is 2.05. The number of benzene rings is 2. The molecule has 26 heavy (non-hydrogen) atoms. The fourth-order valence-electron chi connectivity index (χ4n) is 2.49. The highest BCUT2D eigenvalue weighted by molar-refractivity contribution is 7.80. The fraction of sp³-hybridized carbons (Fsp3) is 0.316. The molecule has 0 spiro atoms. The normalized spacial score (nSPS) is 10.6. The van der Waals surface area contributed by atoms with Crippen molar-refractivity contribution in [1.29, 1.82) is 0 Å². The molecule has 2 aromatic rings. The molecule has 7 heteroatoms. The SMILES string of the molecule is CCN(CC)Cc1ccc(CNC(=S)Nc2ccc([N+](=O)[O-])cc2)cc1. The second kappa shape index (κ2) is 9.84. The van der Waals surface area contributed by atoms with Crippen molar-refractivity contribution in [2.75, 3.05) is 18.4 Å². The lowest BCUT2D eigenvalue weighted by Gasteiger charge is -2.18. The minimum Gasteiger partial charge on any atom is -0.358 e. The highest BCUT2D eigenvalue weighted by Crippen LogP contribution is 2.15. The molecular weight excluding hydrogens is 348 g/mol. The van der Waals surface area contributed by atoms with Gasteiger partial charge in [0.15, 0.2) is 5.11 Å². The first-order valence-corrected chi connectivity index (χ1v) is 9.02. The molecule has 0 aliphatic rings. The summed E-state index contributed by atoms with van der Waals surface area (Å²) in [7, 11) is 0. The Kier molecular flexibility index (Phi) is 7.50. The van der Waals surface area contributed by atoms with Crippen LogP contribution in [0.25, 0.3) is 0 Å². The molecule has 138 valence electrons. The molecule has 0 heterocycles. The standard InChI is InChI=1S/C19H24N4O2S/c1-3-22(4-2)14-16-7-5-15(6-8-16)13-20-19(26)21-17-9-11-18(12-10-17)23(24)25/h5-12H,3-4,13-14H2,1-2H3,(H2,20,21,26). The Morgan fingerprint density at radius 1 is 1.04 bits per heavy atom. The molecule has 0 saturated heterocycles. The molecule has 0 aromatic heterocycles. The van der Waals surface area contributed by atoms with Crippen LogP contribution in [-0.2, 0) is 13.1 Å². The number of rotatable bonds is 8. The summed E-state index contributed by atoms with van der Waals surface area (Å²) in [5.74, 6) is 0. The highest BCUT2D eigenvalue weighted by atomic mass is 32.1. The summed E-state index contributed by atoms with van der Waals surface area (Å²) in [6.07, 6.45) is 0. The third kappa shape index (κ3) is 6.09. The van der Waals surface area contributed by atoms with Crippen molar-refractivity contribution in [1.82, 2.24) is 10.2 Å². The van der Waals surface area contributed by atoms with E-state index in [9.17, 15) is 10.1 Å². The predicted molar refractivity (Wildman–Crippen MR) is 109 cm³/mol. The number of thiocarbonyl (C=S) groups is 1. The van der Waals surface area contributed by atoms with E-state index in [2.05, 4.69) is 53.6 Å². The first-order valence-electron chi connectivity index (χ1n) is 8.61. The van der Waals surface area contributed by atoms with Crippen molar-refractivity contribution in [3.8, 4) is 0 Å². The molecule has 0 amide bonds. The van der Waals surface area contributed by atoms with E-state index >= 15 is 0 Å². The average molecular weight is 372 g/mol. The van der Waals surface area contributed by atoms with Crippen molar-refractivity contribution in [2.24, 2.45) is 0 Å². The van der Waals surface area contributed by atoms with Crippen LogP contribution in [0.4, 0.5) is 11.4 Å². The number of hydrogen-bond acceptors (Lipinski definition) is 4. The van der Waals surface area contributed by atoms with Gasteiger partial charge < -0.3 is 10.6 Å². The molecule has 0 unspecified atom stereocenters. The minimum absolute atomic E-state index is 0.0548. The van der Waals surface area contributed by atoms with E-state index in [1.807, 2.05) is 0 Å². The summed E-state index contributed by atoms with van der Waals surface area (Å²) in [6, 6.07) is 14.6. The van der Waals surface area contributed by atoms with Crippen LogP contribution < -0.4 is 10.6 Å². The zero-order valence-corrected chi connectivity index (χ0v) is 15.9. The number of nitrogens with zero attached hydrogens (tertiary/aromatic N) is 2. The Labute approximate surface area is 159 Å². The van der Waals surface area contributed by atoms with Gasteiger partial charge in [0, 0.05) is 30.9 Å². The Hall–Kier alpha value is -2.51. The summed E-state index contributed by atoms with van der Waals surface area (Å²) < 4.78 is 0. The van der Waals surface area contributed by atoms with Gasteiger partial charge in [-0.15, -0.1) is 0 Å². The topological polar surface area (TPSA) is 70.4 Å². The molecule has 2 rings (SSSR count). The van der Waals surface area contributed by atoms with E-state index in [-0.39, 0.29) is 5.69 Å². The summed E-state index contributed by atoms with van der Waals surface area (Å²) in [5.41, 5.74) is 3.20. The van der Waals surface area contributed by atoms with E-state index < -0.39 is 4.92 Å². The Balaban J connectivity index is 1.82. The second-order valence-corrected chi connectivity index (χ2v) is 6.30. The molecular formula is C19H24N4O2S. The zero-order chi connectivity index (χ0) is 18.9. The maximum atomic E-state index is 10.7. The van der Waals surface area contributed by atoms with Crippen LogP contribution in [0.3, 0.4) is 0 Å². The van der Waals surface area contributed by atoms with Gasteiger partial charge in [-0.3, -0.25) is 15.0 Å². The van der Waals surface area contributed by atoms with E-state index in [4.69, 9.17) is 12.2 Å². The number of non-ortho nitro benzene ring substituents is 1. The van der Waals surface area contributed by atoms with E-state index in [0.29, 0.717) is 17.3 Å². The predicted octanol–water partition coefficient (Wildman–Crippen LogP) is 3.92.